The molecule has 0 bridgehead atoms. The second-order valence-corrected chi connectivity index (χ2v) is 6.39. The SMILES string of the molecule is CCCCC1CCC(C(NCC)C(C)CC)CC1. The summed E-state index contributed by atoms with van der Waals surface area (Å²) in [5.41, 5.74) is 0. The summed E-state index contributed by atoms with van der Waals surface area (Å²) in [7, 11) is 0. The van der Waals surface area contributed by atoms with E-state index in [2.05, 4.69) is 33.0 Å². The van der Waals surface area contributed by atoms with E-state index in [4.69, 9.17) is 0 Å². The largest absolute Gasteiger partial charge is 0.314 e. The first-order valence-corrected chi connectivity index (χ1v) is 8.46. The molecule has 0 heterocycles. The van der Waals surface area contributed by atoms with E-state index in [1.54, 1.807) is 0 Å². The maximum absolute atomic E-state index is 3.76. The number of hydrogen-bond donors (Lipinski definition) is 1. The van der Waals surface area contributed by atoms with E-state index in [1.165, 1.54) is 51.4 Å². The Labute approximate surface area is 115 Å². The standard InChI is InChI=1S/C17H35N/c1-5-8-9-15-10-12-16(13-11-15)17(18-7-3)14(4)6-2/h14-18H,5-13H2,1-4H3. The van der Waals surface area contributed by atoms with Crippen LogP contribution in [0.4, 0.5) is 0 Å². The molecule has 1 aliphatic carbocycles. The molecule has 1 aliphatic rings. The van der Waals surface area contributed by atoms with E-state index in [0.717, 1.165) is 30.3 Å². The summed E-state index contributed by atoms with van der Waals surface area (Å²) >= 11 is 0. The first-order chi connectivity index (χ1) is 8.72. The van der Waals surface area contributed by atoms with Crippen LogP contribution in [0.5, 0.6) is 0 Å². The molecule has 18 heavy (non-hydrogen) atoms. The predicted molar refractivity (Wildman–Crippen MR) is 81.9 cm³/mol. The van der Waals surface area contributed by atoms with Crippen LogP contribution in [0, 0.1) is 17.8 Å². The van der Waals surface area contributed by atoms with Crippen LogP contribution < -0.4 is 5.32 Å². The highest BCUT2D eigenvalue weighted by molar-refractivity contribution is 4.84. The highest BCUT2D eigenvalue weighted by atomic mass is 14.9. The van der Waals surface area contributed by atoms with Gasteiger partial charge in [-0.05, 0) is 37.1 Å². The summed E-state index contributed by atoms with van der Waals surface area (Å²) in [5, 5.41) is 3.76. The first kappa shape index (κ1) is 16.0. The molecular formula is C17H35N. The summed E-state index contributed by atoms with van der Waals surface area (Å²) in [6.07, 6.45) is 11.5. The molecule has 2 atom stereocenters. The quantitative estimate of drug-likeness (QED) is 0.641. The normalized spacial score (nSPS) is 28.0. The second kappa shape index (κ2) is 8.96. The topological polar surface area (TPSA) is 12.0 Å². The Hall–Kier alpha value is -0.0400. The molecule has 0 aromatic rings. The third-order valence-corrected chi connectivity index (χ3v) is 5.06. The van der Waals surface area contributed by atoms with Gasteiger partial charge in [-0.1, -0.05) is 66.2 Å². The van der Waals surface area contributed by atoms with Gasteiger partial charge in [-0.3, -0.25) is 0 Å². The van der Waals surface area contributed by atoms with Crippen molar-refractivity contribution in [2.45, 2.75) is 85.1 Å². The molecule has 0 amide bonds. The molecule has 1 nitrogen and oxygen atoms in total. The molecule has 1 N–H and O–H groups in total. The second-order valence-electron chi connectivity index (χ2n) is 6.39. The van der Waals surface area contributed by atoms with Gasteiger partial charge < -0.3 is 5.32 Å². The zero-order chi connectivity index (χ0) is 13.4. The lowest BCUT2D eigenvalue weighted by atomic mass is 9.74. The maximum atomic E-state index is 3.76. The van der Waals surface area contributed by atoms with E-state index >= 15 is 0 Å². The van der Waals surface area contributed by atoms with E-state index in [1.807, 2.05) is 0 Å². The number of unbranched alkanes of at least 4 members (excludes halogenated alkanes) is 1. The van der Waals surface area contributed by atoms with Crippen molar-refractivity contribution in [3.8, 4) is 0 Å². The Morgan fingerprint density at radius 1 is 1.06 bits per heavy atom. The molecule has 0 radical (unpaired) electrons. The number of rotatable bonds is 8. The van der Waals surface area contributed by atoms with E-state index in [0.29, 0.717) is 0 Å². The fraction of sp³-hybridized carbons (Fsp3) is 1.00. The third kappa shape index (κ3) is 4.91. The van der Waals surface area contributed by atoms with Crippen LogP contribution >= 0.6 is 0 Å². The van der Waals surface area contributed by atoms with Gasteiger partial charge in [0.2, 0.25) is 0 Å². The van der Waals surface area contributed by atoms with Gasteiger partial charge in [0.1, 0.15) is 0 Å². The molecule has 0 saturated heterocycles. The van der Waals surface area contributed by atoms with Crippen LogP contribution in [0.15, 0.2) is 0 Å². The van der Waals surface area contributed by atoms with Crippen molar-refractivity contribution in [3.63, 3.8) is 0 Å². The minimum Gasteiger partial charge on any atom is -0.314 e. The monoisotopic (exact) mass is 253 g/mol. The zero-order valence-corrected chi connectivity index (χ0v) is 13.2. The number of nitrogens with one attached hydrogen (secondary N) is 1. The van der Waals surface area contributed by atoms with Crippen molar-refractivity contribution in [1.82, 2.24) is 5.32 Å². The van der Waals surface area contributed by atoms with Crippen LogP contribution in [0.1, 0.15) is 79.1 Å². The Morgan fingerprint density at radius 3 is 2.22 bits per heavy atom. The summed E-state index contributed by atoms with van der Waals surface area (Å²) < 4.78 is 0. The lowest BCUT2D eigenvalue weighted by molar-refractivity contribution is 0.177. The van der Waals surface area contributed by atoms with E-state index in [9.17, 15) is 0 Å². The van der Waals surface area contributed by atoms with Crippen molar-refractivity contribution in [3.05, 3.63) is 0 Å². The molecule has 1 fully saturated rings. The Bertz CT molecular complexity index is 194. The van der Waals surface area contributed by atoms with Crippen LogP contribution in [-0.4, -0.2) is 12.6 Å². The van der Waals surface area contributed by atoms with Gasteiger partial charge in [0, 0.05) is 6.04 Å². The van der Waals surface area contributed by atoms with Crippen LogP contribution in [0.2, 0.25) is 0 Å². The highest BCUT2D eigenvalue weighted by Gasteiger charge is 2.29. The summed E-state index contributed by atoms with van der Waals surface area (Å²) in [6, 6.07) is 0.770. The molecule has 108 valence electrons. The van der Waals surface area contributed by atoms with E-state index < -0.39 is 0 Å². The average Bonchev–Trinajstić information content (AvgIpc) is 2.42. The molecule has 0 aliphatic heterocycles. The van der Waals surface area contributed by atoms with Crippen molar-refractivity contribution in [2.24, 2.45) is 17.8 Å². The molecule has 0 aromatic heterocycles. The molecular weight excluding hydrogens is 218 g/mol. The Balaban J connectivity index is 2.38. The molecule has 1 heteroatoms. The van der Waals surface area contributed by atoms with Gasteiger partial charge in [0.05, 0.1) is 0 Å². The van der Waals surface area contributed by atoms with Crippen molar-refractivity contribution >= 4 is 0 Å². The molecule has 0 aromatic carbocycles. The highest BCUT2D eigenvalue weighted by Crippen LogP contribution is 2.35. The maximum Gasteiger partial charge on any atom is 0.0121 e. The zero-order valence-electron chi connectivity index (χ0n) is 13.2. The molecule has 2 unspecified atom stereocenters. The first-order valence-electron chi connectivity index (χ1n) is 8.46. The lowest BCUT2D eigenvalue weighted by Crippen LogP contribution is -2.42. The summed E-state index contributed by atoms with van der Waals surface area (Å²) in [5.74, 6) is 2.82. The minimum atomic E-state index is 0.770. The Morgan fingerprint density at radius 2 is 1.72 bits per heavy atom. The Kier molecular flexibility index (Phi) is 7.97. The van der Waals surface area contributed by atoms with Crippen LogP contribution in [0.3, 0.4) is 0 Å². The fourth-order valence-electron chi connectivity index (χ4n) is 3.65. The third-order valence-electron chi connectivity index (χ3n) is 5.06. The van der Waals surface area contributed by atoms with Gasteiger partial charge in [0.25, 0.3) is 0 Å². The average molecular weight is 253 g/mol. The van der Waals surface area contributed by atoms with Crippen molar-refractivity contribution in [1.29, 1.82) is 0 Å². The van der Waals surface area contributed by atoms with Crippen LogP contribution in [-0.2, 0) is 0 Å². The molecule has 1 rings (SSSR count). The summed E-state index contributed by atoms with van der Waals surface area (Å²) in [4.78, 5) is 0. The van der Waals surface area contributed by atoms with Crippen molar-refractivity contribution in [2.75, 3.05) is 6.54 Å². The molecule has 0 spiro atoms. The van der Waals surface area contributed by atoms with Crippen LogP contribution in [0.25, 0.3) is 0 Å². The minimum absolute atomic E-state index is 0.770. The van der Waals surface area contributed by atoms with Gasteiger partial charge in [0.15, 0.2) is 0 Å². The lowest BCUT2D eigenvalue weighted by Gasteiger charge is -2.37. The fourth-order valence-corrected chi connectivity index (χ4v) is 3.65. The van der Waals surface area contributed by atoms with Gasteiger partial charge >= 0.3 is 0 Å². The van der Waals surface area contributed by atoms with Gasteiger partial charge in [-0.15, -0.1) is 0 Å². The van der Waals surface area contributed by atoms with Gasteiger partial charge in [-0.25, -0.2) is 0 Å². The van der Waals surface area contributed by atoms with E-state index in [-0.39, 0.29) is 0 Å². The van der Waals surface area contributed by atoms with Gasteiger partial charge in [-0.2, -0.15) is 0 Å². The molecule has 1 saturated carbocycles. The predicted octanol–water partition coefficient (Wildman–Crippen LogP) is 5.01. The number of hydrogen-bond acceptors (Lipinski definition) is 1. The summed E-state index contributed by atoms with van der Waals surface area (Å²) in [6.45, 7) is 10.5. The smallest absolute Gasteiger partial charge is 0.0121 e. The van der Waals surface area contributed by atoms with Crippen molar-refractivity contribution < 1.29 is 0 Å².